The van der Waals surface area contributed by atoms with Gasteiger partial charge in [-0.05, 0) is 178 Å². The third kappa shape index (κ3) is 22.7. The van der Waals surface area contributed by atoms with Gasteiger partial charge in [0, 0.05) is 144 Å². The lowest BCUT2D eigenvalue weighted by Gasteiger charge is -2.44. The topological polar surface area (TPSA) is 267 Å². The van der Waals surface area contributed by atoms with Gasteiger partial charge in [-0.2, -0.15) is 13.2 Å². The number of piperidine rings is 1. The Labute approximate surface area is 687 Å². The van der Waals surface area contributed by atoms with E-state index in [1.807, 2.05) is 116 Å². The number of thioether (sulfide) groups is 1. The molecule has 1 aliphatic carbocycles. The molecule has 0 radical (unpaired) electrons. The van der Waals surface area contributed by atoms with Crippen molar-refractivity contribution < 1.29 is 63.8 Å². The number of carbonyl (C=O) groups excluding carboxylic acids is 5. The van der Waals surface area contributed by atoms with E-state index in [9.17, 15) is 59.1 Å². The van der Waals surface area contributed by atoms with E-state index in [1.165, 1.54) is 39.9 Å². The largest absolute Gasteiger partial charge is 0.501 e. The van der Waals surface area contributed by atoms with Crippen LogP contribution in [0.15, 0.2) is 147 Å². The van der Waals surface area contributed by atoms with Crippen molar-refractivity contribution in [1.29, 1.82) is 0 Å². The molecule has 6 aliphatic rings. The second-order valence-electron chi connectivity index (χ2n) is 33.0. The van der Waals surface area contributed by atoms with E-state index in [4.69, 9.17) is 16.3 Å². The van der Waals surface area contributed by atoms with Crippen molar-refractivity contribution in [2.24, 2.45) is 16.7 Å². The number of amides is 5. The maximum absolute atomic E-state index is 14.5. The number of carbonyl (C=O) groups is 5. The molecule has 0 saturated carbocycles. The number of hydrogen-bond donors (Lipinski definition) is 5. The summed E-state index contributed by atoms with van der Waals surface area (Å²) < 4.78 is 105. The molecule has 0 unspecified atom stereocenters. The zero-order valence-corrected chi connectivity index (χ0v) is 70.4. The van der Waals surface area contributed by atoms with Crippen LogP contribution >= 0.6 is 34.7 Å². The van der Waals surface area contributed by atoms with Crippen LogP contribution in [0, 0.1) is 23.7 Å². The first-order chi connectivity index (χ1) is 54.7. The van der Waals surface area contributed by atoms with E-state index in [1.54, 1.807) is 23.5 Å². The van der Waals surface area contributed by atoms with Crippen LogP contribution < -0.4 is 25.6 Å². The number of aromatic nitrogens is 1. The fourth-order valence-corrected chi connectivity index (χ4v) is 20.5. The maximum Gasteiger partial charge on any atom is 0.501 e. The summed E-state index contributed by atoms with van der Waals surface area (Å²) in [6.45, 7) is 23.7. The summed E-state index contributed by atoms with van der Waals surface area (Å²) in [6, 6.07) is 31.4. The lowest BCUT2D eigenvalue weighted by atomic mass is 9.71. The molecule has 0 spiro atoms. The normalized spacial score (nSPS) is 21.2. The number of halogens is 4. The molecule has 23 nitrogen and oxygen atoms in total. The minimum absolute atomic E-state index is 0.0224. The van der Waals surface area contributed by atoms with Gasteiger partial charge in [0.15, 0.2) is 0 Å². The standard InChI is InChI=1S/C84H108ClF3N12O11S4/c1-57(60-13-15-62(16-14-60)77-58(2)89-56-113-77)90-80(105)73-48-68(101)52-100(73)81(106)78(82(3,4)5)92-75(102)47-59-28-33-95(34-29-59)53-76(103)99-42-38-97(39-43-99)55-83(6)31-27-71(61-17-21-65(85)22-18-61)64(50-83)51-96-36-40-98(41-37-96)67-23-19-63(20-24-67)79(104)93-115(109,110)70-25-26-72(74(49-70)114(107,108)84(86,87)88)91-66(54-112-69-11-8-7-9-12-69)30-35-94-32-10-45-111-46-44-94/h7-9,11-26,49,56-57,59,66,68,73,78,91,101H,10,27-48,50-55H2,1-6H3,(H,90,105)(H,92,102)(H,93,104)/t57-,66+,68+,73-,78+,83+/m0/s1. The molecule has 31 heteroatoms. The summed E-state index contributed by atoms with van der Waals surface area (Å²) in [5.41, 5.74) is 2.35. The van der Waals surface area contributed by atoms with E-state index >= 15 is 0 Å². The monoisotopic (exact) mass is 1680 g/mol. The van der Waals surface area contributed by atoms with Gasteiger partial charge >= 0.3 is 5.51 Å². The van der Waals surface area contributed by atoms with Crippen LogP contribution in [-0.2, 0) is 43.8 Å². The van der Waals surface area contributed by atoms with Gasteiger partial charge in [0.1, 0.15) is 17.0 Å². The Morgan fingerprint density at radius 3 is 2.14 bits per heavy atom. The number of alkyl halides is 3. The molecule has 5 N–H and O–H groups in total. The Kier molecular flexibility index (Phi) is 28.7. The van der Waals surface area contributed by atoms with Crippen LogP contribution in [-0.4, -0.2) is 246 Å². The van der Waals surface area contributed by atoms with Crippen LogP contribution in [0.1, 0.15) is 126 Å². The zero-order valence-electron chi connectivity index (χ0n) is 66.3. The van der Waals surface area contributed by atoms with Crippen molar-refractivity contribution in [3.05, 3.63) is 160 Å². The Morgan fingerprint density at radius 2 is 1.47 bits per heavy atom. The second kappa shape index (κ2) is 38.1. The zero-order chi connectivity index (χ0) is 82.0. The number of thiazole rings is 1. The summed E-state index contributed by atoms with van der Waals surface area (Å²) in [5.74, 6) is -1.60. The first-order valence-corrected chi connectivity index (χ1v) is 45.1. The number of nitrogens with one attached hydrogen (secondary N) is 4. The molecule has 6 aromatic rings. The molecular weight excluding hydrogens is 1570 g/mol. The Balaban J connectivity index is 0.594. The number of sulfone groups is 1. The maximum atomic E-state index is 14.5. The van der Waals surface area contributed by atoms with E-state index in [-0.39, 0.29) is 60.0 Å². The minimum atomic E-state index is -6.12. The van der Waals surface area contributed by atoms with Crippen LogP contribution in [0.5, 0.6) is 0 Å². The number of anilines is 2. The molecule has 5 aromatic carbocycles. The van der Waals surface area contributed by atoms with Gasteiger partial charge in [0.05, 0.1) is 52.0 Å². The highest BCUT2D eigenvalue weighted by atomic mass is 35.5. The van der Waals surface area contributed by atoms with Crippen molar-refractivity contribution in [2.75, 3.05) is 140 Å². The molecule has 12 rings (SSSR count). The molecule has 6 atom stereocenters. The number of nitrogens with zero attached hydrogens (tertiary/aromatic N) is 8. The van der Waals surface area contributed by atoms with E-state index in [0.717, 1.165) is 134 Å². The number of rotatable bonds is 28. The number of aryl methyl sites for hydroxylation is 1. The number of β-amino-alcohol motifs (C(OH)–C–C–N with tert-alkyl or cyclic N) is 1. The van der Waals surface area contributed by atoms with Crippen molar-refractivity contribution in [2.45, 2.75) is 150 Å². The summed E-state index contributed by atoms with van der Waals surface area (Å²) in [7, 11) is -11.0. The van der Waals surface area contributed by atoms with Crippen molar-refractivity contribution in [3.8, 4) is 10.4 Å². The van der Waals surface area contributed by atoms with Crippen LogP contribution in [0.25, 0.3) is 16.0 Å². The number of sulfonamides is 1. The van der Waals surface area contributed by atoms with Crippen molar-refractivity contribution in [1.82, 2.24) is 49.7 Å². The number of hydrogen-bond acceptors (Lipinski definition) is 20. The third-order valence-corrected chi connectivity index (χ3v) is 28.5. The molecule has 5 fully saturated rings. The van der Waals surface area contributed by atoms with Gasteiger partial charge in [-0.1, -0.05) is 99.5 Å². The summed E-state index contributed by atoms with van der Waals surface area (Å²) in [4.78, 5) is 89.0. The average molecular weight is 1680 g/mol. The molecule has 6 heterocycles. The van der Waals surface area contributed by atoms with Crippen molar-refractivity contribution >= 4 is 101 Å². The number of allylic oxidation sites excluding steroid dienone is 1. The fourth-order valence-electron chi connectivity index (χ4n) is 16.6. The fraction of sp³-hybridized carbons (Fsp3) is 0.524. The summed E-state index contributed by atoms with van der Waals surface area (Å²) in [6.07, 6.45) is 4.82. The predicted molar refractivity (Wildman–Crippen MR) is 444 cm³/mol. The highest BCUT2D eigenvalue weighted by Crippen LogP contribution is 2.45. The molecule has 5 aliphatic heterocycles. The molecule has 0 bridgehead atoms. The van der Waals surface area contributed by atoms with Gasteiger partial charge in [-0.15, -0.1) is 23.1 Å². The van der Waals surface area contributed by atoms with Gasteiger partial charge in [0.2, 0.25) is 23.6 Å². The van der Waals surface area contributed by atoms with E-state index in [0.29, 0.717) is 95.4 Å². The number of benzene rings is 5. The lowest BCUT2D eigenvalue weighted by Crippen LogP contribution is -2.58. The SMILES string of the molecule is Cc1ncsc1-c1ccc([C@H](C)NC(=O)[C@@H]2C[C@@H](O)CN2C(=O)[C@@H](NC(=O)CC2CCN(CC(=O)N3CCN(C[C@]4(C)CCC(c5ccc(Cl)cc5)=C(CN5CCN(c6ccc(C(=O)NS(=O)(=O)c7ccc(N[C@H](CCN8CCCOCC8)CSc8ccccc8)c(S(=O)(=O)C(F)(F)F)c7)cc6)CC5)C4)CC3)CC2)C(C)(C)C)cc1. The Hall–Kier alpha value is -7.49. The molecule has 5 saturated heterocycles. The molecule has 622 valence electrons. The molecule has 1 aromatic heterocycles. The number of piperazine rings is 2. The quantitative estimate of drug-likeness (QED) is 0.0286. The second-order valence-corrected chi connectivity index (χ2v) is 38.9. The molecule has 5 amide bonds. The highest BCUT2D eigenvalue weighted by molar-refractivity contribution is 7.99. The average Bonchev–Trinajstić information content (AvgIpc) is 1.38. The van der Waals surface area contributed by atoms with Gasteiger partial charge in [-0.3, -0.25) is 38.7 Å². The van der Waals surface area contributed by atoms with E-state index in [2.05, 4.69) is 64.5 Å². The van der Waals surface area contributed by atoms with Crippen LogP contribution in [0.3, 0.4) is 0 Å². The first kappa shape index (κ1) is 86.8. The van der Waals surface area contributed by atoms with Gasteiger partial charge < -0.3 is 45.4 Å². The summed E-state index contributed by atoms with van der Waals surface area (Å²) >= 11 is 9.43. The Morgan fingerprint density at radius 1 is 0.783 bits per heavy atom. The number of aliphatic hydroxyl groups is 1. The first-order valence-electron chi connectivity index (χ1n) is 39.9. The van der Waals surface area contributed by atoms with Crippen molar-refractivity contribution in [3.63, 3.8) is 0 Å². The summed E-state index contributed by atoms with van der Waals surface area (Å²) in [5, 5.41) is 20.6. The Bertz CT molecular complexity index is 4630. The smallest absolute Gasteiger partial charge is 0.391 e. The predicted octanol–water partition coefficient (Wildman–Crippen LogP) is 11.3. The number of likely N-dealkylation sites (tertiary alicyclic amines) is 2. The number of ether oxygens (including phenoxy) is 1. The highest BCUT2D eigenvalue weighted by Gasteiger charge is 2.49. The molecular formula is C84H108ClF3N12O11S4. The molecule has 115 heavy (non-hydrogen) atoms. The number of aliphatic hydroxyl groups excluding tert-OH is 1. The third-order valence-electron chi connectivity index (χ3n) is 23.2. The lowest BCUT2D eigenvalue weighted by molar-refractivity contribution is -0.144. The minimum Gasteiger partial charge on any atom is -0.391 e. The van der Waals surface area contributed by atoms with Gasteiger partial charge in [0.25, 0.3) is 25.8 Å². The van der Waals surface area contributed by atoms with E-state index < -0.39 is 82.3 Å². The van der Waals surface area contributed by atoms with Crippen LogP contribution in [0.2, 0.25) is 5.02 Å². The van der Waals surface area contributed by atoms with Crippen LogP contribution in [0.4, 0.5) is 24.5 Å². The van der Waals surface area contributed by atoms with Gasteiger partial charge in [-0.25, -0.2) is 26.5 Å².